The van der Waals surface area contributed by atoms with Crippen molar-refractivity contribution in [1.82, 2.24) is 5.32 Å². The number of halogens is 1. The molecule has 0 saturated carbocycles. The van der Waals surface area contributed by atoms with E-state index in [0.717, 1.165) is 10.2 Å². The van der Waals surface area contributed by atoms with Crippen LogP contribution in [-0.2, 0) is 0 Å². The topological polar surface area (TPSA) is 15.3 Å². The Morgan fingerprint density at radius 2 is 2.06 bits per heavy atom. The van der Waals surface area contributed by atoms with Gasteiger partial charge < -0.3 is 10.2 Å². The Bertz CT molecular complexity index is 384. The summed E-state index contributed by atoms with van der Waals surface area (Å²) < 4.78 is 1.13. The molecule has 0 bridgehead atoms. The highest BCUT2D eigenvalue weighted by Gasteiger charge is 2.16. The van der Waals surface area contributed by atoms with Crippen LogP contribution in [0.3, 0.4) is 0 Å². The zero-order valence-corrected chi connectivity index (χ0v) is 14.2. The Labute approximate surface area is 124 Å². The summed E-state index contributed by atoms with van der Waals surface area (Å²) >= 11 is 5.45. The van der Waals surface area contributed by atoms with Crippen LogP contribution in [0.5, 0.6) is 0 Å². The van der Waals surface area contributed by atoms with Crippen LogP contribution in [0.1, 0.15) is 25.5 Å². The van der Waals surface area contributed by atoms with Crippen molar-refractivity contribution < 1.29 is 0 Å². The molecular formula is C14H23BrN2S. The molecule has 2 atom stereocenters. The van der Waals surface area contributed by atoms with E-state index >= 15 is 0 Å². The third kappa shape index (κ3) is 3.90. The number of benzene rings is 1. The highest BCUT2D eigenvalue weighted by molar-refractivity contribution is 9.10. The number of hydrogen-bond donors (Lipinski definition) is 1. The molecule has 0 fully saturated rings. The van der Waals surface area contributed by atoms with Crippen LogP contribution in [0.25, 0.3) is 0 Å². The second kappa shape index (κ2) is 7.41. The second-order valence-electron chi connectivity index (χ2n) is 4.63. The number of nitrogens with one attached hydrogen (secondary N) is 1. The maximum absolute atomic E-state index is 3.56. The fourth-order valence-electron chi connectivity index (χ4n) is 1.94. The summed E-state index contributed by atoms with van der Waals surface area (Å²) in [6.07, 6.45) is 2.16. The van der Waals surface area contributed by atoms with Crippen LogP contribution in [0.2, 0.25) is 0 Å². The normalized spacial score (nSPS) is 14.3. The van der Waals surface area contributed by atoms with Crippen molar-refractivity contribution in [2.24, 2.45) is 0 Å². The number of rotatable bonds is 6. The fraction of sp³-hybridized carbons (Fsp3) is 0.571. The van der Waals surface area contributed by atoms with Crippen molar-refractivity contribution in [1.29, 1.82) is 0 Å². The van der Waals surface area contributed by atoms with Crippen LogP contribution in [-0.4, -0.2) is 32.1 Å². The fourth-order valence-corrected chi connectivity index (χ4v) is 3.02. The molecule has 18 heavy (non-hydrogen) atoms. The zero-order valence-electron chi connectivity index (χ0n) is 11.8. The quantitative estimate of drug-likeness (QED) is 0.851. The molecule has 1 rings (SSSR count). The van der Waals surface area contributed by atoms with Gasteiger partial charge in [-0.3, -0.25) is 0 Å². The molecule has 0 aliphatic carbocycles. The summed E-state index contributed by atoms with van der Waals surface area (Å²) in [5.74, 6) is 1.14. The average Bonchev–Trinajstić information content (AvgIpc) is 2.37. The van der Waals surface area contributed by atoms with Crippen molar-refractivity contribution in [3.8, 4) is 0 Å². The largest absolute Gasteiger partial charge is 0.371 e. The lowest BCUT2D eigenvalue weighted by molar-refractivity contribution is 0.644. The van der Waals surface area contributed by atoms with E-state index in [-0.39, 0.29) is 0 Å². The molecule has 0 amide bonds. The summed E-state index contributed by atoms with van der Waals surface area (Å²) in [4.78, 5) is 2.37. The minimum Gasteiger partial charge on any atom is -0.371 e. The molecule has 0 heterocycles. The smallest absolute Gasteiger partial charge is 0.0415 e. The van der Waals surface area contributed by atoms with Crippen LogP contribution in [0.15, 0.2) is 22.7 Å². The Morgan fingerprint density at radius 3 is 2.61 bits per heavy atom. The Balaban J connectivity index is 3.06. The lowest BCUT2D eigenvalue weighted by atomic mass is 10.0. The third-order valence-corrected chi connectivity index (χ3v) is 4.65. The SMILES string of the molecule is CNC(C)c1cc(Br)ccc1N(C)C(C)CSC. The van der Waals surface area contributed by atoms with Gasteiger partial charge in [0, 0.05) is 35.0 Å². The minimum atomic E-state index is 0.349. The summed E-state index contributed by atoms with van der Waals surface area (Å²) in [7, 11) is 4.18. The highest BCUT2D eigenvalue weighted by atomic mass is 79.9. The molecule has 2 unspecified atom stereocenters. The minimum absolute atomic E-state index is 0.349. The lowest BCUT2D eigenvalue weighted by Crippen LogP contribution is -2.32. The van der Waals surface area contributed by atoms with Crippen molar-refractivity contribution in [3.05, 3.63) is 28.2 Å². The molecule has 0 aromatic heterocycles. The van der Waals surface area contributed by atoms with Gasteiger partial charge in [-0.2, -0.15) is 11.8 Å². The summed E-state index contributed by atoms with van der Waals surface area (Å²) in [6.45, 7) is 4.46. The van der Waals surface area contributed by atoms with Gasteiger partial charge in [0.25, 0.3) is 0 Å². The summed E-state index contributed by atoms with van der Waals surface area (Å²) in [5.41, 5.74) is 2.64. The Morgan fingerprint density at radius 1 is 1.39 bits per heavy atom. The highest BCUT2D eigenvalue weighted by Crippen LogP contribution is 2.30. The van der Waals surface area contributed by atoms with E-state index in [1.807, 2.05) is 18.8 Å². The van der Waals surface area contributed by atoms with Crippen LogP contribution in [0, 0.1) is 0 Å². The zero-order chi connectivity index (χ0) is 13.7. The summed E-state index contributed by atoms with van der Waals surface area (Å²) in [6, 6.07) is 7.40. The maximum atomic E-state index is 3.56. The van der Waals surface area contributed by atoms with E-state index in [0.29, 0.717) is 12.1 Å². The molecule has 1 N–H and O–H groups in total. The number of hydrogen-bond acceptors (Lipinski definition) is 3. The van der Waals surface area contributed by atoms with Crippen LogP contribution >= 0.6 is 27.7 Å². The number of nitrogens with zero attached hydrogens (tertiary/aromatic N) is 1. The molecule has 1 aromatic rings. The molecule has 4 heteroatoms. The van der Waals surface area contributed by atoms with E-state index in [9.17, 15) is 0 Å². The Kier molecular flexibility index (Phi) is 6.53. The van der Waals surface area contributed by atoms with Crippen LogP contribution in [0.4, 0.5) is 5.69 Å². The van der Waals surface area contributed by atoms with Gasteiger partial charge in [-0.15, -0.1) is 0 Å². The first-order chi connectivity index (χ1) is 8.51. The van der Waals surface area contributed by atoms with E-state index in [2.05, 4.69) is 71.5 Å². The molecule has 1 aromatic carbocycles. The first-order valence-electron chi connectivity index (χ1n) is 6.19. The predicted octanol–water partition coefficient (Wildman–Crippen LogP) is 3.92. The van der Waals surface area contributed by atoms with Crippen LogP contribution < -0.4 is 10.2 Å². The van der Waals surface area contributed by atoms with Gasteiger partial charge >= 0.3 is 0 Å². The molecule has 0 spiro atoms. The van der Waals surface area contributed by atoms with Gasteiger partial charge in [0.1, 0.15) is 0 Å². The lowest BCUT2D eigenvalue weighted by Gasteiger charge is -2.30. The molecule has 0 aliphatic rings. The molecule has 0 saturated heterocycles. The second-order valence-corrected chi connectivity index (χ2v) is 6.46. The Hall–Kier alpha value is -0.190. The van der Waals surface area contributed by atoms with Crippen molar-refractivity contribution in [2.75, 3.05) is 31.0 Å². The number of anilines is 1. The van der Waals surface area contributed by atoms with Gasteiger partial charge in [0.05, 0.1) is 0 Å². The van der Waals surface area contributed by atoms with Gasteiger partial charge in [0.2, 0.25) is 0 Å². The molecule has 0 aliphatic heterocycles. The van der Waals surface area contributed by atoms with E-state index in [4.69, 9.17) is 0 Å². The first-order valence-corrected chi connectivity index (χ1v) is 8.38. The molecule has 2 nitrogen and oxygen atoms in total. The number of thioether (sulfide) groups is 1. The van der Waals surface area contributed by atoms with Gasteiger partial charge in [-0.25, -0.2) is 0 Å². The van der Waals surface area contributed by atoms with E-state index in [1.165, 1.54) is 11.3 Å². The predicted molar refractivity (Wildman–Crippen MR) is 87.9 cm³/mol. The van der Waals surface area contributed by atoms with Crippen molar-refractivity contribution in [2.45, 2.75) is 25.9 Å². The van der Waals surface area contributed by atoms with Gasteiger partial charge in [-0.05, 0) is 50.9 Å². The van der Waals surface area contributed by atoms with Gasteiger partial charge in [-0.1, -0.05) is 15.9 Å². The molecular weight excluding hydrogens is 308 g/mol. The van der Waals surface area contributed by atoms with E-state index in [1.54, 1.807) is 0 Å². The first kappa shape index (κ1) is 15.9. The maximum Gasteiger partial charge on any atom is 0.0415 e. The van der Waals surface area contributed by atoms with E-state index < -0.39 is 0 Å². The third-order valence-electron chi connectivity index (χ3n) is 3.34. The summed E-state index contributed by atoms with van der Waals surface area (Å²) in [5, 5.41) is 3.32. The van der Waals surface area contributed by atoms with Crippen molar-refractivity contribution >= 4 is 33.4 Å². The average molecular weight is 331 g/mol. The molecule has 0 radical (unpaired) electrons. The van der Waals surface area contributed by atoms with Crippen molar-refractivity contribution in [3.63, 3.8) is 0 Å². The van der Waals surface area contributed by atoms with Gasteiger partial charge in [0.15, 0.2) is 0 Å². The monoisotopic (exact) mass is 330 g/mol. The molecule has 102 valence electrons. The standard InChI is InChI=1S/C14H23BrN2S/c1-10(9-18-5)17(4)14-7-6-12(15)8-13(14)11(2)16-3/h6-8,10-11,16H,9H2,1-5H3.